The summed E-state index contributed by atoms with van der Waals surface area (Å²) < 4.78 is 1.05. The first-order valence-corrected chi connectivity index (χ1v) is 6.48. The summed E-state index contributed by atoms with van der Waals surface area (Å²) in [5.74, 6) is 1.13. The molecule has 1 fully saturated rings. The minimum atomic E-state index is 0.687. The fraction of sp³-hybridized carbons (Fsp3) is 0.583. The molecule has 0 spiro atoms. The first kappa shape index (κ1) is 10.9. The number of pyridine rings is 1. The quantitative estimate of drug-likeness (QED) is 0.815. The molecule has 0 radical (unpaired) electrons. The normalized spacial score (nSPS) is 21.7. The van der Waals surface area contributed by atoms with Gasteiger partial charge in [-0.1, -0.05) is 6.92 Å². The van der Waals surface area contributed by atoms with E-state index in [2.05, 4.69) is 44.9 Å². The van der Waals surface area contributed by atoms with Crippen LogP contribution < -0.4 is 4.90 Å². The summed E-state index contributed by atoms with van der Waals surface area (Å²) >= 11 is 3.42. The van der Waals surface area contributed by atoms with E-state index in [0.29, 0.717) is 6.04 Å². The molecule has 0 aliphatic carbocycles. The lowest BCUT2D eigenvalue weighted by Crippen LogP contribution is -2.39. The molecule has 0 amide bonds. The molecule has 0 saturated carbocycles. The van der Waals surface area contributed by atoms with Gasteiger partial charge in [0, 0.05) is 23.3 Å². The highest BCUT2D eigenvalue weighted by Crippen LogP contribution is 2.25. The van der Waals surface area contributed by atoms with E-state index in [1.54, 1.807) is 0 Å². The van der Waals surface area contributed by atoms with E-state index < -0.39 is 0 Å². The van der Waals surface area contributed by atoms with Crippen molar-refractivity contribution >= 4 is 21.7 Å². The van der Waals surface area contributed by atoms with E-state index in [9.17, 15) is 0 Å². The molecule has 1 aromatic heterocycles. The lowest BCUT2D eigenvalue weighted by molar-refractivity contribution is 0.447. The van der Waals surface area contributed by atoms with Crippen molar-refractivity contribution in [2.45, 2.75) is 38.6 Å². The van der Waals surface area contributed by atoms with Crippen LogP contribution in [0, 0.1) is 0 Å². The smallest absolute Gasteiger partial charge is 0.128 e. The third-order valence-corrected chi connectivity index (χ3v) is 3.57. The Labute approximate surface area is 99.8 Å². The fourth-order valence-electron chi connectivity index (χ4n) is 2.26. The predicted molar refractivity (Wildman–Crippen MR) is 67.2 cm³/mol. The number of rotatable bonds is 2. The predicted octanol–water partition coefficient (Wildman–Crippen LogP) is 3.61. The Balaban J connectivity index is 2.16. The highest BCUT2D eigenvalue weighted by molar-refractivity contribution is 9.10. The van der Waals surface area contributed by atoms with Crippen LogP contribution in [0.4, 0.5) is 5.82 Å². The summed E-state index contributed by atoms with van der Waals surface area (Å²) in [7, 11) is 0. The standard InChI is InChI=1S/C12H17BrN2/c1-2-11-5-3-4-8-15(11)12-7-6-10(13)9-14-12/h6-7,9,11H,2-5,8H2,1H3/t11-/m0/s1. The van der Waals surface area contributed by atoms with Gasteiger partial charge in [0.2, 0.25) is 0 Å². The third kappa shape index (κ3) is 2.51. The maximum atomic E-state index is 4.48. The molecule has 1 saturated heterocycles. The lowest BCUT2D eigenvalue weighted by Gasteiger charge is -2.36. The largest absolute Gasteiger partial charge is 0.354 e. The Morgan fingerprint density at radius 1 is 1.47 bits per heavy atom. The number of hydrogen-bond donors (Lipinski definition) is 0. The molecule has 1 aliphatic rings. The van der Waals surface area contributed by atoms with E-state index in [0.717, 1.165) is 16.8 Å². The van der Waals surface area contributed by atoms with Crippen molar-refractivity contribution in [2.75, 3.05) is 11.4 Å². The summed E-state index contributed by atoms with van der Waals surface area (Å²) in [6.07, 6.45) is 7.09. The van der Waals surface area contributed by atoms with Gasteiger partial charge in [0.05, 0.1) is 0 Å². The zero-order valence-electron chi connectivity index (χ0n) is 9.12. The minimum Gasteiger partial charge on any atom is -0.354 e. The molecule has 1 aliphatic heterocycles. The molecule has 3 heteroatoms. The van der Waals surface area contributed by atoms with Crippen molar-refractivity contribution in [1.29, 1.82) is 0 Å². The summed E-state index contributed by atoms with van der Waals surface area (Å²) in [6.45, 7) is 3.43. The molecule has 0 bridgehead atoms. The van der Waals surface area contributed by atoms with Crippen LogP contribution in [0.25, 0.3) is 0 Å². The second kappa shape index (κ2) is 4.97. The average molecular weight is 269 g/mol. The molecular weight excluding hydrogens is 252 g/mol. The Morgan fingerprint density at radius 3 is 3.00 bits per heavy atom. The highest BCUT2D eigenvalue weighted by atomic mass is 79.9. The maximum Gasteiger partial charge on any atom is 0.128 e. The van der Waals surface area contributed by atoms with E-state index >= 15 is 0 Å². The zero-order chi connectivity index (χ0) is 10.7. The number of halogens is 1. The van der Waals surface area contributed by atoms with Crippen molar-refractivity contribution in [3.05, 3.63) is 22.8 Å². The van der Waals surface area contributed by atoms with Crippen LogP contribution in [0.1, 0.15) is 32.6 Å². The van der Waals surface area contributed by atoms with Gasteiger partial charge in [-0.05, 0) is 53.7 Å². The summed E-state index contributed by atoms with van der Waals surface area (Å²) in [4.78, 5) is 6.93. The molecular formula is C12H17BrN2. The fourth-order valence-corrected chi connectivity index (χ4v) is 2.50. The number of nitrogens with zero attached hydrogens (tertiary/aromatic N) is 2. The monoisotopic (exact) mass is 268 g/mol. The number of hydrogen-bond acceptors (Lipinski definition) is 2. The number of anilines is 1. The second-order valence-corrected chi connectivity index (χ2v) is 5.00. The first-order chi connectivity index (χ1) is 7.31. The molecule has 2 heterocycles. The Morgan fingerprint density at radius 2 is 2.33 bits per heavy atom. The molecule has 0 N–H and O–H groups in total. The van der Waals surface area contributed by atoms with Gasteiger partial charge in [-0.25, -0.2) is 4.98 Å². The molecule has 15 heavy (non-hydrogen) atoms. The minimum absolute atomic E-state index is 0.687. The van der Waals surface area contributed by atoms with E-state index in [1.807, 2.05) is 6.20 Å². The third-order valence-electron chi connectivity index (χ3n) is 3.10. The van der Waals surface area contributed by atoms with Crippen LogP contribution in [0.3, 0.4) is 0 Å². The van der Waals surface area contributed by atoms with Gasteiger partial charge in [-0.15, -0.1) is 0 Å². The van der Waals surface area contributed by atoms with Gasteiger partial charge in [0.15, 0.2) is 0 Å². The Bertz CT molecular complexity index is 310. The van der Waals surface area contributed by atoms with Gasteiger partial charge >= 0.3 is 0 Å². The van der Waals surface area contributed by atoms with E-state index in [4.69, 9.17) is 0 Å². The molecule has 0 aromatic carbocycles. The maximum absolute atomic E-state index is 4.48. The average Bonchev–Trinajstić information content (AvgIpc) is 2.30. The van der Waals surface area contributed by atoms with Crippen molar-refractivity contribution in [1.82, 2.24) is 4.98 Å². The number of aromatic nitrogens is 1. The molecule has 82 valence electrons. The van der Waals surface area contributed by atoms with E-state index in [-0.39, 0.29) is 0 Å². The summed E-state index contributed by atoms with van der Waals surface area (Å²) in [6, 6.07) is 4.87. The Hall–Kier alpha value is -0.570. The van der Waals surface area contributed by atoms with Crippen molar-refractivity contribution in [3.8, 4) is 0 Å². The topological polar surface area (TPSA) is 16.1 Å². The SMILES string of the molecule is CC[C@H]1CCCCN1c1ccc(Br)cn1. The first-order valence-electron chi connectivity index (χ1n) is 5.69. The zero-order valence-corrected chi connectivity index (χ0v) is 10.7. The molecule has 2 nitrogen and oxygen atoms in total. The second-order valence-electron chi connectivity index (χ2n) is 4.09. The molecule has 1 atom stereocenters. The molecule has 2 rings (SSSR count). The van der Waals surface area contributed by atoms with Gasteiger partial charge < -0.3 is 4.90 Å². The van der Waals surface area contributed by atoms with Crippen LogP contribution in [0.2, 0.25) is 0 Å². The van der Waals surface area contributed by atoms with Crippen LogP contribution in [-0.4, -0.2) is 17.6 Å². The van der Waals surface area contributed by atoms with Gasteiger partial charge in [0.25, 0.3) is 0 Å². The van der Waals surface area contributed by atoms with Gasteiger partial charge in [-0.2, -0.15) is 0 Å². The summed E-state index contributed by atoms with van der Waals surface area (Å²) in [5, 5.41) is 0. The summed E-state index contributed by atoms with van der Waals surface area (Å²) in [5.41, 5.74) is 0. The Kier molecular flexibility index (Phi) is 3.62. The van der Waals surface area contributed by atoms with E-state index in [1.165, 1.54) is 25.7 Å². The van der Waals surface area contributed by atoms with Gasteiger partial charge in [-0.3, -0.25) is 0 Å². The highest BCUT2D eigenvalue weighted by Gasteiger charge is 2.21. The van der Waals surface area contributed by atoms with Crippen LogP contribution >= 0.6 is 15.9 Å². The van der Waals surface area contributed by atoms with Crippen LogP contribution in [0.15, 0.2) is 22.8 Å². The van der Waals surface area contributed by atoms with Crippen LogP contribution in [0.5, 0.6) is 0 Å². The van der Waals surface area contributed by atoms with Gasteiger partial charge in [0.1, 0.15) is 5.82 Å². The van der Waals surface area contributed by atoms with Crippen molar-refractivity contribution in [2.24, 2.45) is 0 Å². The van der Waals surface area contributed by atoms with Crippen LogP contribution in [-0.2, 0) is 0 Å². The van der Waals surface area contributed by atoms with Crippen molar-refractivity contribution < 1.29 is 0 Å². The molecule has 1 aromatic rings. The van der Waals surface area contributed by atoms with Crippen molar-refractivity contribution in [3.63, 3.8) is 0 Å². The molecule has 0 unspecified atom stereocenters. The number of piperidine rings is 1. The lowest BCUT2D eigenvalue weighted by atomic mass is 10.00.